The number of hydrogen-bond donors (Lipinski definition) is 0. The molecular weight excluding hydrogens is 616 g/mol. The van der Waals surface area contributed by atoms with Gasteiger partial charge in [0.1, 0.15) is 0 Å². The van der Waals surface area contributed by atoms with Gasteiger partial charge >= 0.3 is 11.9 Å². The standard InChI is InChI=1S/C29H29BrN2O8S/c1-7-38-23-11-17(9-10-20(23)40-16(4)33)12-24-27(34)32-26(18-13-21(36-5)22(37-6)14-19(18)30)25(28(35)39-8-2)15(3)31-29(32)41-24/h9-14,26H,7-8H2,1-6H3/b24-12-/t26-/m1/s1. The summed E-state index contributed by atoms with van der Waals surface area (Å²) in [7, 11) is 3.04. The molecule has 1 aliphatic heterocycles. The third kappa shape index (κ3) is 6.08. The lowest BCUT2D eigenvalue weighted by molar-refractivity contribution is -0.139. The van der Waals surface area contributed by atoms with Crippen LogP contribution >= 0.6 is 27.3 Å². The van der Waals surface area contributed by atoms with Crippen LogP contribution < -0.4 is 33.8 Å². The van der Waals surface area contributed by atoms with Gasteiger partial charge in [0, 0.05) is 11.4 Å². The number of allylic oxidation sites excluding steroid dienone is 1. The van der Waals surface area contributed by atoms with E-state index < -0.39 is 18.0 Å². The number of ether oxygens (including phenoxy) is 5. The Labute approximate surface area is 248 Å². The molecule has 0 saturated heterocycles. The van der Waals surface area contributed by atoms with E-state index in [1.807, 2.05) is 6.92 Å². The van der Waals surface area contributed by atoms with Crippen LogP contribution in [-0.2, 0) is 14.3 Å². The summed E-state index contributed by atoms with van der Waals surface area (Å²) >= 11 is 4.78. The van der Waals surface area contributed by atoms with Gasteiger partial charge in [-0.3, -0.25) is 14.2 Å². The summed E-state index contributed by atoms with van der Waals surface area (Å²) in [6.07, 6.45) is 1.70. The van der Waals surface area contributed by atoms with Crippen molar-refractivity contribution >= 4 is 45.3 Å². The van der Waals surface area contributed by atoms with Gasteiger partial charge in [-0.15, -0.1) is 0 Å². The lowest BCUT2D eigenvalue weighted by Crippen LogP contribution is -2.40. The molecule has 0 aliphatic carbocycles. The van der Waals surface area contributed by atoms with Crippen LogP contribution in [0.2, 0.25) is 0 Å². The molecule has 1 atom stereocenters. The summed E-state index contributed by atoms with van der Waals surface area (Å²) in [5, 5.41) is 0. The molecule has 216 valence electrons. The van der Waals surface area contributed by atoms with E-state index in [1.54, 1.807) is 50.3 Å². The number of carbonyl (C=O) groups is 2. The second-order valence-electron chi connectivity index (χ2n) is 8.76. The maximum absolute atomic E-state index is 14.0. The molecule has 1 aliphatic rings. The van der Waals surface area contributed by atoms with Gasteiger partial charge in [-0.2, -0.15) is 0 Å². The summed E-state index contributed by atoms with van der Waals surface area (Å²) in [6, 6.07) is 7.62. The summed E-state index contributed by atoms with van der Waals surface area (Å²) in [4.78, 5) is 43.7. The van der Waals surface area contributed by atoms with Gasteiger partial charge in [-0.25, -0.2) is 9.79 Å². The predicted octanol–water partition coefficient (Wildman–Crippen LogP) is 3.90. The topological polar surface area (TPSA) is 115 Å². The Morgan fingerprint density at radius 3 is 2.39 bits per heavy atom. The van der Waals surface area contributed by atoms with Crippen molar-refractivity contribution < 1.29 is 33.3 Å². The molecule has 2 heterocycles. The number of aromatic nitrogens is 1. The zero-order valence-electron chi connectivity index (χ0n) is 23.4. The van der Waals surface area contributed by atoms with Gasteiger partial charge < -0.3 is 23.7 Å². The van der Waals surface area contributed by atoms with Crippen LogP contribution in [0.4, 0.5) is 0 Å². The lowest BCUT2D eigenvalue weighted by atomic mass is 9.95. The average Bonchev–Trinajstić information content (AvgIpc) is 3.23. The monoisotopic (exact) mass is 644 g/mol. The van der Waals surface area contributed by atoms with Crippen LogP contribution in [0.25, 0.3) is 6.08 Å². The Morgan fingerprint density at radius 1 is 1.05 bits per heavy atom. The Morgan fingerprint density at radius 2 is 1.76 bits per heavy atom. The van der Waals surface area contributed by atoms with E-state index in [1.165, 1.54) is 37.0 Å². The van der Waals surface area contributed by atoms with Crippen molar-refractivity contribution in [2.75, 3.05) is 27.4 Å². The first kappa shape index (κ1) is 30.1. The zero-order valence-corrected chi connectivity index (χ0v) is 25.8. The van der Waals surface area contributed by atoms with Gasteiger partial charge in [0.25, 0.3) is 5.56 Å². The maximum atomic E-state index is 14.0. The second kappa shape index (κ2) is 12.7. The fraction of sp³-hybridized carbons (Fsp3) is 0.310. The first-order chi connectivity index (χ1) is 19.6. The van der Waals surface area contributed by atoms with Crippen LogP contribution in [0.1, 0.15) is 44.9 Å². The van der Waals surface area contributed by atoms with Crippen molar-refractivity contribution in [3.05, 3.63) is 76.9 Å². The van der Waals surface area contributed by atoms with Crippen molar-refractivity contribution in [1.82, 2.24) is 4.57 Å². The van der Waals surface area contributed by atoms with E-state index in [2.05, 4.69) is 20.9 Å². The quantitative estimate of drug-likeness (QED) is 0.254. The Balaban J connectivity index is 1.95. The van der Waals surface area contributed by atoms with E-state index >= 15 is 0 Å². The second-order valence-corrected chi connectivity index (χ2v) is 10.6. The van der Waals surface area contributed by atoms with Crippen LogP contribution in [0.5, 0.6) is 23.0 Å². The van der Waals surface area contributed by atoms with Gasteiger partial charge in [-0.1, -0.05) is 33.3 Å². The Hall–Kier alpha value is -3.90. The SMILES string of the molecule is CCOC(=O)C1=C(C)N=c2s/c(=C\c3ccc(OC(C)=O)c(OCC)c3)c(=O)n2[C@@H]1c1cc(OC)c(OC)cc1Br. The molecule has 0 saturated carbocycles. The van der Waals surface area contributed by atoms with E-state index in [4.69, 9.17) is 23.7 Å². The first-order valence-corrected chi connectivity index (χ1v) is 14.3. The lowest BCUT2D eigenvalue weighted by Gasteiger charge is -2.26. The molecule has 41 heavy (non-hydrogen) atoms. The highest BCUT2D eigenvalue weighted by atomic mass is 79.9. The van der Waals surface area contributed by atoms with Crippen LogP contribution in [-0.4, -0.2) is 43.9 Å². The molecule has 0 N–H and O–H groups in total. The minimum absolute atomic E-state index is 0.158. The largest absolute Gasteiger partial charge is 0.493 e. The number of methoxy groups -OCH3 is 2. The highest BCUT2D eigenvalue weighted by molar-refractivity contribution is 9.10. The third-order valence-corrected chi connectivity index (χ3v) is 7.80. The normalized spacial score (nSPS) is 14.7. The summed E-state index contributed by atoms with van der Waals surface area (Å²) in [5.41, 5.74) is 1.57. The van der Waals surface area contributed by atoms with Crippen LogP contribution in [0.3, 0.4) is 0 Å². The number of halogens is 1. The number of carbonyl (C=O) groups excluding carboxylic acids is 2. The molecule has 0 bridgehead atoms. The van der Waals surface area contributed by atoms with Gasteiger partial charge in [-0.05, 0) is 62.2 Å². The van der Waals surface area contributed by atoms with Gasteiger partial charge in [0.05, 0.1) is 49.3 Å². The highest BCUT2D eigenvalue weighted by Gasteiger charge is 2.35. The average molecular weight is 646 g/mol. The van der Waals surface area contributed by atoms with Crippen molar-refractivity contribution in [3.63, 3.8) is 0 Å². The fourth-order valence-electron chi connectivity index (χ4n) is 4.44. The predicted molar refractivity (Wildman–Crippen MR) is 157 cm³/mol. The summed E-state index contributed by atoms with van der Waals surface area (Å²) in [6.45, 7) is 7.07. The fourth-order valence-corrected chi connectivity index (χ4v) is 6.02. The van der Waals surface area contributed by atoms with Gasteiger partial charge in [0.15, 0.2) is 27.8 Å². The molecule has 4 rings (SSSR count). The molecule has 3 aromatic rings. The molecule has 0 unspecified atom stereocenters. The molecule has 0 fully saturated rings. The van der Waals surface area contributed by atoms with Crippen molar-refractivity contribution in [2.45, 2.75) is 33.7 Å². The molecule has 0 spiro atoms. The van der Waals surface area contributed by atoms with E-state index in [-0.39, 0.29) is 23.5 Å². The number of fused-ring (bicyclic) bond motifs is 1. The molecule has 1 aromatic heterocycles. The summed E-state index contributed by atoms with van der Waals surface area (Å²) in [5.74, 6) is 0.527. The number of benzene rings is 2. The number of rotatable bonds is 9. The van der Waals surface area contributed by atoms with Crippen molar-refractivity contribution in [2.24, 2.45) is 4.99 Å². The van der Waals surface area contributed by atoms with E-state index in [0.717, 1.165) is 0 Å². The van der Waals surface area contributed by atoms with Gasteiger partial charge in [0.2, 0.25) is 0 Å². The molecule has 12 heteroatoms. The van der Waals surface area contributed by atoms with E-state index in [9.17, 15) is 14.4 Å². The molecule has 10 nitrogen and oxygen atoms in total. The minimum Gasteiger partial charge on any atom is -0.493 e. The first-order valence-electron chi connectivity index (χ1n) is 12.7. The Bertz CT molecular complexity index is 1720. The molecule has 0 amide bonds. The smallest absolute Gasteiger partial charge is 0.338 e. The number of nitrogens with zero attached hydrogens (tertiary/aromatic N) is 2. The van der Waals surface area contributed by atoms with E-state index in [0.29, 0.717) is 54.5 Å². The molecular formula is C29H29BrN2O8S. The number of thiazole rings is 1. The highest BCUT2D eigenvalue weighted by Crippen LogP contribution is 2.40. The number of hydrogen-bond acceptors (Lipinski definition) is 10. The van der Waals surface area contributed by atoms with Crippen LogP contribution in [0.15, 0.2) is 55.9 Å². The third-order valence-electron chi connectivity index (χ3n) is 6.13. The minimum atomic E-state index is -0.855. The molecule has 2 aromatic carbocycles. The Kier molecular flexibility index (Phi) is 9.34. The zero-order chi connectivity index (χ0) is 29.8. The van der Waals surface area contributed by atoms with Crippen LogP contribution in [0, 0.1) is 0 Å². The number of esters is 2. The molecule has 0 radical (unpaired) electrons. The van der Waals surface area contributed by atoms with Crippen molar-refractivity contribution in [1.29, 1.82) is 0 Å². The maximum Gasteiger partial charge on any atom is 0.338 e. The summed E-state index contributed by atoms with van der Waals surface area (Å²) < 4.78 is 29.7. The van der Waals surface area contributed by atoms with Crippen molar-refractivity contribution in [3.8, 4) is 23.0 Å².